The van der Waals surface area contributed by atoms with Gasteiger partial charge in [0, 0.05) is 44.0 Å². The summed E-state index contributed by atoms with van der Waals surface area (Å²) < 4.78 is 54.4. The Morgan fingerprint density at radius 1 is 1.09 bits per heavy atom. The smallest absolute Gasteiger partial charge is 0.408 e. The van der Waals surface area contributed by atoms with Crippen molar-refractivity contribution in [1.82, 2.24) is 15.1 Å². The Morgan fingerprint density at radius 3 is 2.28 bits per heavy atom. The van der Waals surface area contributed by atoms with Crippen LogP contribution in [0.2, 0.25) is 0 Å². The van der Waals surface area contributed by atoms with Crippen LogP contribution < -0.4 is 15.8 Å². The molecule has 0 bridgehead atoms. The van der Waals surface area contributed by atoms with E-state index in [4.69, 9.17) is 15.2 Å². The van der Waals surface area contributed by atoms with Crippen LogP contribution in [0.5, 0.6) is 5.75 Å². The van der Waals surface area contributed by atoms with Crippen molar-refractivity contribution in [3.63, 3.8) is 0 Å². The Hall–Kier alpha value is -3.51. The summed E-state index contributed by atoms with van der Waals surface area (Å²) in [6.45, 7) is 13.1. The summed E-state index contributed by atoms with van der Waals surface area (Å²) >= 11 is 0. The molecule has 0 saturated carbocycles. The number of hydrogen-bond donors (Lipinski definition) is 2. The fraction of sp³-hybridized carbons (Fsp3) is 0.697. The highest BCUT2D eigenvalue weighted by Gasteiger charge is 2.44. The van der Waals surface area contributed by atoms with Gasteiger partial charge >= 0.3 is 12.1 Å². The molecule has 2 aliphatic rings. The van der Waals surface area contributed by atoms with Gasteiger partial charge in [-0.1, -0.05) is 33.8 Å². The zero-order valence-electron chi connectivity index (χ0n) is 28.1. The van der Waals surface area contributed by atoms with Crippen molar-refractivity contribution in [2.24, 2.45) is 28.5 Å². The van der Waals surface area contributed by atoms with E-state index in [9.17, 15) is 23.2 Å². The number of nitrogens with one attached hydrogen (secondary N) is 1. The summed E-state index contributed by atoms with van der Waals surface area (Å²) in [4.78, 5) is 45.0. The number of aliphatic imine (C=N–C) groups is 1. The number of carbonyl (C=O) groups is 3. The molecule has 0 aromatic heterocycles. The third-order valence-corrected chi connectivity index (χ3v) is 8.66. The predicted molar refractivity (Wildman–Crippen MR) is 170 cm³/mol. The van der Waals surface area contributed by atoms with Gasteiger partial charge < -0.3 is 30.3 Å². The first-order valence-corrected chi connectivity index (χ1v) is 16.1. The van der Waals surface area contributed by atoms with Crippen LogP contribution in [-0.4, -0.2) is 84.0 Å². The monoisotopic (exact) mass is 653 g/mol. The molecule has 1 aromatic rings. The van der Waals surface area contributed by atoms with Gasteiger partial charge in [-0.05, 0) is 63.5 Å². The zero-order valence-corrected chi connectivity index (χ0v) is 28.1. The summed E-state index contributed by atoms with van der Waals surface area (Å²) in [5.41, 5.74) is 5.10. The molecule has 4 amide bonds. The fourth-order valence-electron chi connectivity index (χ4n) is 5.67. The first-order valence-electron chi connectivity index (χ1n) is 16.1. The maximum atomic E-state index is 15.4. The number of carbonyl (C=O) groups excluding carboxylic acids is 3. The third-order valence-electron chi connectivity index (χ3n) is 8.66. The molecule has 0 unspecified atom stereocenters. The molecular formula is C33H50F3N5O5. The number of likely N-dealkylation sites (tertiary alicyclic amines) is 2. The van der Waals surface area contributed by atoms with Gasteiger partial charge in [0.1, 0.15) is 29.0 Å². The van der Waals surface area contributed by atoms with E-state index in [1.807, 2.05) is 13.8 Å². The van der Waals surface area contributed by atoms with E-state index >= 15 is 4.39 Å². The number of rotatable bonds is 10. The van der Waals surface area contributed by atoms with Gasteiger partial charge in [-0.25, -0.2) is 22.8 Å². The number of hydrogen-bond acceptors (Lipinski definition) is 5. The molecule has 3 N–H and O–H groups in total. The maximum Gasteiger partial charge on any atom is 0.408 e. The molecule has 0 radical (unpaired) electrons. The molecule has 258 valence electrons. The van der Waals surface area contributed by atoms with Crippen LogP contribution in [0, 0.1) is 23.6 Å². The lowest BCUT2D eigenvalue weighted by Gasteiger charge is -2.34. The molecule has 0 aliphatic carbocycles. The summed E-state index contributed by atoms with van der Waals surface area (Å²) in [5, 5.41) is 2.49. The van der Waals surface area contributed by atoms with Crippen LogP contribution in [0.25, 0.3) is 0 Å². The number of amides is 4. The summed E-state index contributed by atoms with van der Waals surface area (Å²) in [5.74, 6) is -3.93. The SMILES string of the molecule is CC(C)C(N)=NC(=O)N1CCC([C@H](C)CCOc2ccc([C@H](C)[C@H](NC(=O)OC(C)(C)C)C(=O)N3CCC(F)(F)C3)c(F)c2)CC1. The highest BCUT2D eigenvalue weighted by atomic mass is 19.3. The Morgan fingerprint density at radius 2 is 1.74 bits per heavy atom. The molecular weight excluding hydrogens is 603 g/mol. The number of nitrogens with zero attached hydrogens (tertiary/aromatic N) is 3. The van der Waals surface area contributed by atoms with Crippen molar-refractivity contribution in [2.75, 3.05) is 32.8 Å². The second-order valence-electron chi connectivity index (χ2n) is 13.9. The average Bonchev–Trinajstić information content (AvgIpc) is 3.33. The van der Waals surface area contributed by atoms with Crippen molar-refractivity contribution in [3.8, 4) is 5.75 Å². The summed E-state index contributed by atoms with van der Waals surface area (Å²) in [6.07, 6.45) is 1.04. The minimum absolute atomic E-state index is 0.00925. The Balaban J connectivity index is 1.58. The fourth-order valence-corrected chi connectivity index (χ4v) is 5.67. The van der Waals surface area contributed by atoms with Crippen LogP contribution in [-0.2, 0) is 9.53 Å². The number of ether oxygens (including phenoxy) is 2. The second kappa shape index (κ2) is 15.4. The van der Waals surface area contributed by atoms with Gasteiger partial charge in [0.2, 0.25) is 5.91 Å². The number of alkyl carbamates (subject to hydrolysis) is 1. The number of urea groups is 1. The van der Waals surface area contributed by atoms with E-state index in [0.29, 0.717) is 43.1 Å². The van der Waals surface area contributed by atoms with E-state index in [-0.39, 0.29) is 24.1 Å². The maximum absolute atomic E-state index is 15.4. The molecule has 2 heterocycles. The van der Waals surface area contributed by atoms with Crippen LogP contribution in [0.15, 0.2) is 23.2 Å². The van der Waals surface area contributed by atoms with Crippen molar-refractivity contribution in [3.05, 3.63) is 29.6 Å². The topological polar surface area (TPSA) is 127 Å². The molecule has 3 atom stereocenters. The van der Waals surface area contributed by atoms with Crippen molar-refractivity contribution in [2.45, 2.75) is 97.6 Å². The third kappa shape index (κ3) is 10.5. The highest BCUT2D eigenvalue weighted by Crippen LogP contribution is 2.32. The number of benzene rings is 1. The van der Waals surface area contributed by atoms with E-state index in [1.54, 1.807) is 38.7 Å². The van der Waals surface area contributed by atoms with Gasteiger partial charge in [-0.2, -0.15) is 4.99 Å². The van der Waals surface area contributed by atoms with Gasteiger partial charge in [0.15, 0.2) is 0 Å². The Bertz CT molecular complexity index is 1260. The number of piperidine rings is 1. The van der Waals surface area contributed by atoms with Gasteiger partial charge in [0.25, 0.3) is 5.92 Å². The van der Waals surface area contributed by atoms with Crippen LogP contribution in [0.3, 0.4) is 0 Å². The lowest BCUT2D eigenvalue weighted by molar-refractivity contribution is -0.134. The molecule has 2 fully saturated rings. The largest absolute Gasteiger partial charge is 0.493 e. The molecule has 10 nitrogen and oxygen atoms in total. The first-order chi connectivity index (χ1) is 21.4. The van der Waals surface area contributed by atoms with Crippen LogP contribution >= 0.6 is 0 Å². The van der Waals surface area contributed by atoms with Crippen molar-refractivity contribution in [1.29, 1.82) is 0 Å². The Labute approximate surface area is 270 Å². The molecule has 0 spiro atoms. The van der Waals surface area contributed by atoms with Gasteiger partial charge in [0.05, 0.1) is 13.2 Å². The van der Waals surface area contributed by atoms with E-state index in [1.165, 1.54) is 12.1 Å². The second-order valence-corrected chi connectivity index (χ2v) is 13.9. The predicted octanol–water partition coefficient (Wildman–Crippen LogP) is 5.94. The molecule has 13 heteroatoms. The molecule has 2 saturated heterocycles. The minimum atomic E-state index is -3.02. The lowest BCUT2D eigenvalue weighted by atomic mass is 9.84. The van der Waals surface area contributed by atoms with E-state index < -0.39 is 54.3 Å². The van der Waals surface area contributed by atoms with Crippen molar-refractivity contribution < 1.29 is 37.0 Å². The van der Waals surface area contributed by atoms with Crippen LogP contribution in [0.4, 0.5) is 22.8 Å². The average molecular weight is 654 g/mol. The standard InChI is InChI=1S/C33H50F3N5O5/c1-20(2)28(37)39-30(43)40-14-10-23(11-15-40)21(3)12-17-45-24-8-9-25(26(34)18-24)22(4)27(38-31(44)46-32(5,6)7)29(42)41-16-13-33(35,36)19-41/h8-9,18,20-23,27H,10-17,19H2,1-7H3,(H,38,44)(H2,37,39,43)/t21-,22+,27+/m1/s1. The van der Waals surface area contributed by atoms with Crippen LogP contribution in [0.1, 0.15) is 85.6 Å². The number of halogens is 3. The van der Waals surface area contributed by atoms with Gasteiger partial charge in [-0.15, -0.1) is 0 Å². The lowest BCUT2D eigenvalue weighted by Crippen LogP contribution is -2.52. The first kappa shape index (κ1) is 37.0. The molecule has 3 rings (SSSR count). The quantitative estimate of drug-likeness (QED) is 0.238. The minimum Gasteiger partial charge on any atom is -0.493 e. The number of amidine groups is 1. The summed E-state index contributed by atoms with van der Waals surface area (Å²) in [6, 6.07) is 2.67. The zero-order chi connectivity index (χ0) is 34.4. The number of alkyl halides is 2. The van der Waals surface area contributed by atoms with E-state index in [2.05, 4.69) is 17.2 Å². The Kier molecular flexibility index (Phi) is 12.4. The molecule has 46 heavy (non-hydrogen) atoms. The number of nitrogens with two attached hydrogens (primary N) is 1. The van der Waals surface area contributed by atoms with Crippen molar-refractivity contribution >= 4 is 23.9 Å². The summed E-state index contributed by atoms with van der Waals surface area (Å²) in [7, 11) is 0. The normalized spacial score (nSPS) is 19.5. The molecule has 2 aliphatic heterocycles. The highest BCUT2D eigenvalue weighted by molar-refractivity contribution is 5.93. The van der Waals surface area contributed by atoms with E-state index in [0.717, 1.165) is 24.2 Å². The van der Waals surface area contributed by atoms with Gasteiger partial charge in [-0.3, -0.25) is 4.79 Å². The molecule has 1 aromatic carbocycles.